The summed E-state index contributed by atoms with van der Waals surface area (Å²) in [6.07, 6.45) is 6.33. The maximum atomic E-state index is 12.7. The van der Waals surface area contributed by atoms with Crippen molar-refractivity contribution in [1.29, 1.82) is 0 Å². The molecule has 1 amide bonds. The number of methoxy groups -OCH3 is 1. The summed E-state index contributed by atoms with van der Waals surface area (Å²) in [6.45, 7) is 3.81. The number of carbonyl (C=O) groups is 1. The summed E-state index contributed by atoms with van der Waals surface area (Å²) in [5, 5.41) is 7.47. The highest BCUT2D eigenvalue weighted by Crippen LogP contribution is 2.38. The minimum atomic E-state index is -0.664. The van der Waals surface area contributed by atoms with Gasteiger partial charge in [-0.3, -0.25) is 4.79 Å². The van der Waals surface area contributed by atoms with Gasteiger partial charge in [0.05, 0.1) is 5.00 Å². The van der Waals surface area contributed by atoms with E-state index in [1.54, 1.807) is 18.4 Å². The molecule has 22 heavy (non-hydrogen) atoms. The molecule has 2 N–H and O–H groups in total. The van der Waals surface area contributed by atoms with Gasteiger partial charge in [-0.2, -0.15) is 0 Å². The molecule has 1 aliphatic heterocycles. The molecule has 4 nitrogen and oxygen atoms in total. The van der Waals surface area contributed by atoms with Crippen molar-refractivity contribution >= 4 is 34.7 Å². The van der Waals surface area contributed by atoms with E-state index in [9.17, 15) is 4.79 Å². The van der Waals surface area contributed by atoms with Gasteiger partial charge in [-0.25, -0.2) is 0 Å². The van der Waals surface area contributed by atoms with Crippen LogP contribution in [0.1, 0.15) is 41.7 Å². The van der Waals surface area contributed by atoms with E-state index in [2.05, 4.69) is 17.6 Å². The fraction of sp³-hybridized carbons (Fsp3) is 0.688. The van der Waals surface area contributed by atoms with E-state index in [-0.39, 0.29) is 18.3 Å². The number of ether oxygens (including phenoxy) is 1. The molecule has 1 aromatic heterocycles. The smallest absolute Gasteiger partial charge is 0.257 e. The van der Waals surface area contributed by atoms with Crippen LogP contribution in [0.25, 0.3) is 0 Å². The number of halogens is 1. The van der Waals surface area contributed by atoms with Crippen molar-refractivity contribution in [3.8, 4) is 0 Å². The molecule has 1 saturated heterocycles. The van der Waals surface area contributed by atoms with Crippen LogP contribution in [0.15, 0.2) is 0 Å². The van der Waals surface area contributed by atoms with E-state index in [0.717, 1.165) is 43.8 Å². The van der Waals surface area contributed by atoms with Gasteiger partial charge in [-0.15, -0.1) is 23.7 Å². The number of thiophene rings is 1. The molecule has 0 spiro atoms. The Morgan fingerprint density at radius 3 is 2.59 bits per heavy atom. The SMILES string of the molecule is COC1(C(=O)Nc2sc3c(c2C)CCCC3)CCNCC1.Cl. The van der Waals surface area contributed by atoms with Gasteiger partial charge in [0.2, 0.25) is 0 Å². The lowest BCUT2D eigenvalue weighted by Gasteiger charge is -2.34. The maximum Gasteiger partial charge on any atom is 0.257 e. The molecule has 1 aliphatic carbocycles. The van der Waals surface area contributed by atoms with Gasteiger partial charge >= 0.3 is 0 Å². The summed E-state index contributed by atoms with van der Waals surface area (Å²) in [4.78, 5) is 14.2. The molecular formula is C16H25ClN2O2S. The van der Waals surface area contributed by atoms with E-state index in [4.69, 9.17) is 4.74 Å². The Labute approximate surface area is 142 Å². The Morgan fingerprint density at radius 1 is 1.27 bits per heavy atom. The Bertz CT molecular complexity index is 538. The van der Waals surface area contributed by atoms with Crippen molar-refractivity contribution in [2.75, 3.05) is 25.5 Å². The van der Waals surface area contributed by atoms with Crippen molar-refractivity contribution in [2.24, 2.45) is 0 Å². The Morgan fingerprint density at radius 2 is 1.95 bits per heavy atom. The summed E-state index contributed by atoms with van der Waals surface area (Å²) in [5.41, 5.74) is 2.07. The first kappa shape index (κ1) is 17.7. The zero-order valence-corrected chi connectivity index (χ0v) is 14.9. The molecule has 1 aromatic rings. The molecule has 0 bridgehead atoms. The first-order valence-electron chi connectivity index (χ1n) is 7.85. The molecule has 1 fully saturated rings. The number of aryl methyl sites for hydroxylation is 1. The number of hydrogen-bond donors (Lipinski definition) is 2. The zero-order valence-electron chi connectivity index (χ0n) is 13.3. The highest BCUT2D eigenvalue weighted by Gasteiger charge is 2.40. The second-order valence-corrected chi connectivity index (χ2v) is 7.17. The molecule has 0 unspecified atom stereocenters. The van der Waals surface area contributed by atoms with Gasteiger partial charge in [0.25, 0.3) is 5.91 Å². The van der Waals surface area contributed by atoms with Gasteiger partial charge < -0.3 is 15.4 Å². The molecule has 2 heterocycles. The number of amides is 1. The molecule has 0 radical (unpaired) electrons. The number of anilines is 1. The molecule has 124 valence electrons. The third-order valence-corrected chi connectivity index (χ3v) is 6.19. The van der Waals surface area contributed by atoms with E-state index in [1.807, 2.05) is 0 Å². The minimum Gasteiger partial charge on any atom is -0.368 e. The number of nitrogens with one attached hydrogen (secondary N) is 2. The first-order chi connectivity index (χ1) is 10.2. The summed E-state index contributed by atoms with van der Waals surface area (Å²) in [6, 6.07) is 0. The lowest BCUT2D eigenvalue weighted by Crippen LogP contribution is -2.51. The van der Waals surface area contributed by atoms with Crippen molar-refractivity contribution < 1.29 is 9.53 Å². The van der Waals surface area contributed by atoms with E-state index >= 15 is 0 Å². The normalized spacial score (nSPS) is 19.9. The maximum absolute atomic E-state index is 12.7. The van der Waals surface area contributed by atoms with Crippen LogP contribution in [0.4, 0.5) is 5.00 Å². The minimum absolute atomic E-state index is 0. The average molecular weight is 345 g/mol. The van der Waals surface area contributed by atoms with E-state index in [0.29, 0.717) is 0 Å². The van der Waals surface area contributed by atoms with E-state index < -0.39 is 5.60 Å². The number of fused-ring (bicyclic) bond motifs is 1. The highest BCUT2D eigenvalue weighted by atomic mass is 35.5. The standard InChI is InChI=1S/C16H24N2O2S.ClH/c1-11-12-5-3-4-6-13(12)21-14(11)18-15(19)16(20-2)7-9-17-10-8-16;/h17H,3-10H2,1-2H3,(H,18,19);1H. The zero-order chi connectivity index (χ0) is 14.9. The molecule has 3 rings (SSSR count). The van der Waals surface area contributed by atoms with Crippen LogP contribution in [-0.4, -0.2) is 31.7 Å². The van der Waals surface area contributed by atoms with Crippen LogP contribution in [-0.2, 0) is 22.4 Å². The predicted molar refractivity (Wildman–Crippen MR) is 93.4 cm³/mol. The Kier molecular flexibility index (Phi) is 5.88. The van der Waals surface area contributed by atoms with Crippen molar-refractivity contribution in [1.82, 2.24) is 5.32 Å². The van der Waals surface area contributed by atoms with Crippen LogP contribution in [0, 0.1) is 6.92 Å². The van der Waals surface area contributed by atoms with Crippen LogP contribution in [0.2, 0.25) is 0 Å². The third-order valence-electron chi connectivity index (χ3n) is 4.88. The topological polar surface area (TPSA) is 50.4 Å². The lowest BCUT2D eigenvalue weighted by atomic mass is 9.91. The predicted octanol–water partition coefficient (Wildman–Crippen LogP) is 3.06. The van der Waals surface area contributed by atoms with Crippen LogP contribution < -0.4 is 10.6 Å². The van der Waals surface area contributed by atoms with Gasteiger partial charge in [0, 0.05) is 12.0 Å². The van der Waals surface area contributed by atoms with Crippen LogP contribution in [0.3, 0.4) is 0 Å². The van der Waals surface area contributed by atoms with Crippen molar-refractivity contribution in [3.05, 3.63) is 16.0 Å². The summed E-state index contributed by atoms with van der Waals surface area (Å²) in [5.74, 6) is 0.0215. The van der Waals surface area contributed by atoms with E-state index in [1.165, 1.54) is 28.8 Å². The molecular weight excluding hydrogens is 320 g/mol. The fourth-order valence-electron chi connectivity index (χ4n) is 3.41. The summed E-state index contributed by atoms with van der Waals surface area (Å²) < 4.78 is 5.61. The number of rotatable bonds is 3. The average Bonchev–Trinajstić information content (AvgIpc) is 2.84. The Hall–Kier alpha value is -0.620. The largest absolute Gasteiger partial charge is 0.368 e. The van der Waals surface area contributed by atoms with Gasteiger partial charge in [-0.05, 0) is 69.7 Å². The fourth-order valence-corrected chi connectivity index (χ4v) is 4.71. The Balaban J connectivity index is 0.00000176. The molecule has 2 aliphatic rings. The molecule has 0 atom stereocenters. The lowest BCUT2D eigenvalue weighted by molar-refractivity contribution is -0.140. The number of carbonyl (C=O) groups excluding carboxylic acids is 1. The van der Waals surface area contributed by atoms with Gasteiger partial charge in [0.15, 0.2) is 0 Å². The van der Waals surface area contributed by atoms with Gasteiger partial charge in [0.1, 0.15) is 5.60 Å². The monoisotopic (exact) mass is 344 g/mol. The first-order valence-corrected chi connectivity index (χ1v) is 8.66. The molecule has 0 saturated carbocycles. The quantitative estimate of drug-likeness (QED) is 0.886. The summed E-state index contributed by atoms with van der Waals surface area (Å²) in [7, 11) is 1.65. The van der Waals surface area contributed by atoms with Crippen LogP contribution in [0.5, 0.6) is 0 Å². The van der Waals surface area contributed by atoms with Crippen molar-refractivity contribution in [2.45, 2.75) is 51.0 Å². The summed E-state index contributed by atoms with van der Waals surface area (Å²) >= 11 is 1.76. The second-order valence-electron chi connectivity index (χ2n) is 6.07. The molecule has 0 aromatic carbocycles. The van der Waals surface area contributed by atoms with Gasteiger partial charge in [-0.1, -0.05) is 0 Å². The number of piperidine rings is 1. The third kappa shape index (κ3) is 3.18. The second kappa shape index (κ2) is 7.30. The molecule has 6 heteroatoms. The highest BCUT2D eigenvalue weighted by molar-refractivity contribution is 7.16. The number of hydrogen-bond acceptors (Lipinski definition) is 4. The van der Waals surface area contributed by atoms with Crippen LogP contribution >= 0.6 is 23.7 Å². The van der Waals surface area contributed by atoms with Crippen molar-refractivity contribution in [3.63, 3.8) is 0 Å².